The number of hydrogen-bond donors (Lipinski definition) is 19. The van der Waals surface area contributed by atoms with Crippen molar-refractivity contribution >= 4 is 46.3 Å². The van der Waals surface area contributed by atoms with Gasteiger partial charge in [0.25, 0.3) is 0 Å². The van der Waals surface area contributed by atoms with Crippen LogP contribution in [0.1, 0.15) is 36.1 Å². The van der Waals surface area contributed by atoms with Crippen LogP contribution in [0, 0.1) is 13.8 Å². The van der Waals surface area contributed by atoms with Crippen LogP contribution < -0.4 is 37.3 Å². The highest BCUT2D eigenvalue weighted by Crippen LogP contribution is 2.37. The number of aryl methyl sites for hydroxylation is 2. The third-order valence-electron chi connectivity index (χ3n) is 19.4. The maximum atomic E-state index is 12.3. The highest BCUT2D eigenvalue weighted by molar-refractivity contribution is 5.82. The number of aldehydes is 1. The van der Waals surface area contributed by atoms with Crippen molar-refractivity contribution in [2.24, 2.45) is 11.1 Å². The molecule has 41 heteroatoms. The Morgan fingerprint density at radius 2 is 0.809 bits per heavy atom. The van der Waals surface area contributed by atoms with Gasteiger partial charge in [0.15, 0.2) is 31.4 Å². The predicted molar refractivity (Wildman–Crippen MR) is 384 cm³/mol. The van der Waals surface area contributed by atoms with Crippen LogP contribution in [-0.2, 0) is 84.6 Å². The van der Waals surface area contributed by atoms with Gasteiger partial charge in [-0.25, -0.2) is 15.5 Å². The number of oxime groups is 1. The third-order valence-corrected chi connectivity index (χ3v) is 19.4. The molecule has 0 spiro atoms. The van der Waals surface area contributed by atoms with E-state index in [0.717, 1.165) is 24.3 Å². The first kappa shape index (κ1) is 89.2. The SMILES string of the molecule is CC(=O)N[C@H]1[C@H](Oc2ccc3c(C)cc(=O)oc3c2)O[C@H](CO)[C@@H](O[C@@H]2O[C@H](CO)[C@H](O)[C@H](O[C@H]3O[C@H](C=NOCc4ccccc4)[C@H](O)[C@H](O)[C@H]3O)[C@H]2O)[C@@H]1O.CC(=O)N[C@H]1[C@H](Oc2ccc3c(C)cc(=O)oc3c2)O[C@H](CO)[C@@H](O[C@@H]2O[C@H](CO)[C@H](O)[C@H](O[C@H]3O[C@H](C=O)[C@H](O)[C@H](O)[C@H]3O)[C@H]2O)[C@@H]1O.NOCc1ccccc1. The fourth-order valence-corrected chi connectivity index (χ4v) is 13.4. The lowest BCUT2D eigenvalue weighted by atomic mass is 9.95. The number of aliphatic hydroxyl groups excluding tert-OH is 16. The molecule has 6 saturated heterocycles. The largest absolute Gasteiger partial charge is 0.462 e. The average Bonchev–Trinajstić information content (AvgIpc) is 0.774. The molecule has 4 aromatic carbocycles. The van der Waals surface area contributed by atoms with Crippen molar-refractivity contribution in [3.8, 4) is 11.5 Å². The van der Waals surface area contributed by atoms with E-state index in [4.69, 9.17) is 76.4 Å². The maximum Gasteiger partial charge on any atom is 0.336 e. The number of nitrogens with two attached hydrogens (primary N) is 1. The lowest BCUT2D eigenvalue weighted by Gasteiger charge is -2.48. The molecular weight excluding hydrogens is 1540 g/mol. The highest BCUT2D eigenvalue weighted by atomic mass is 16.8. The molecule has 0 aliphatic carbocycles. The van der Waals surface area contributed by atoms with Gasteiger partial charge in [0.2, 0.25) is 24.4 Å². The molecule has 0 bridgehead atoms. The molecule has 20 N–H and O–H groups in total. The predicted octanol–water partition coefficient (Wildman–Crippen LogP) is -6.36. The number of fused-ring (bicyclic) bond motifs is 2. The van der Waals surface area contributed by atoms with Crippen molar-refractivity contribution in [2.75, 3.05) is 26.4 Å². The summed E-state index contributed by atoms with van der Waals surface area (Å²) in [6.07, 6.45) is -46.9. The minimum Gasteiger partial charge on any atom is -0.462 e. The number of nitrogens with zero attached hydrogens (tertiary/aromatic N) is 1. The zero-order valence-corrected chi connectivity index (χ0v) is 61.9. The Labute approximate surface area is 652 Å². The normalized spacial score (nSPS) is 35.5. The van der Waals surface area contributed by atoms with Crippen LogP contribution in [0.5, 0.6) is 11.5 Å². The first-order valence-electron chi connectivity index (χ1n) is 36.1. The van der Waals surface area contributed by atoms with Gasteiger partial charge in [0.1, 0.15) is 176 Å². The molecule has 8 heterocycles. The number of carbonyl (C=O) groups is 3. The molecule has 2 amide bonds. The first-order valence-corrected chi connectivity index (χ1v) is 36.1. The van der Waals surface area contributed by atoms with Gasteiger partial charge in [-0.1, -0.05) is 65.8 Å². The fourth-order valence-electron chi connectivity index (χ4n) is 13.4. The van der Waals surface area contributed by atoms with E-state index in [1.165, 1.54) is 37.3 Å². The standard InChI is InChI=1S/C37H46N2O18.C30H39NO18.C7H9NO/c1-16-10-25(43)52-21-11-19(8-9-20(16)21)51-35-26(39-17(2)42)29(46)33(24(14-41)55-35)56-37-32(49)34(28(45)23(13-40)54-37)57-36-31(48)30(47)27(44)22(53-36)12-38-50-15-18-6-4-3-5-7-18;1-10-5-18(36)44-14-6-12(3-4-13(10)14)43-28-19(31-11(2)35)22(39)26(17(9-34)47-28)48-30-25(42)27(21(38)16(8-33)46-30)49-29-24(41)23(40)20(37)15(7-32)45-29;8-9-6-7-4-2-1-3-5-7/h3-12,22-24,26-37,40-41,44-49H,13-15H2,1-2H3,(H,39,42);3-7,15-17,19-30,33-34,37-42H,8-9H2,1-2H3,(H,31,35);1-5H,6,8H2/t22-,23-,24-,26-,27+,28+,29-,30+,31-,32-,33-,34+,35-,36-,37+;15-,16-,17-,19-,20+,21+,22-,23+,24-,25-,26-,27+,28-,29-,30+;/m11./s1. The van der Waals surface area contributed by atoms with Gasteiger partial charge >= 0.3 is 11.3 Å². The Balaban J connectivity index is 0.000000221. The van der Waals surface area contributed by atoms with Crippen LogP contribution >= 0.6 is 0 Å². The Hall–Kier alpha value is -8.14. The van der Waals surface area contributed by atoms with Gasteiger partial charge in [0.05, 0.1) is 39.2 Å². The molecule has 0 unspecified atom stereocenters. The van der Waals surface area contributed by atoms with E-state index in [1.807, 2.05) is 36.4 Å². The Morgan fingerprint density at radius 1 is 0.435 bits per heavy atom. The van der Waals surface area contributed by atoms with E-state index in [9.17, 15) is 106 Å². The smallest absolute Gasteiger partial charge is 0.336 e. The zero-order chi connectivity index (χ0) is 83.2. The summed E-state index contributed by atoms with van der Waals surface area (Å²) in [5.41, 5.74) is 2.39. The van der Waals surface area contributed by atoms with Gasteiger partial charge in [-0.2, -0.15) is 0 Å². The number of amides is 2. The monoisotopic (exact) mass is 1630 g/mol. The van der Waals surface area contributed by atoms with Crippen LogP contribution in [-0.4, -0.2) is 317 Å². The van der Waals surface area contributed by atoms with Gasteiger partial charge in [0, 0.05) is 48.9 Å². The van der Waals surface area contributed by atoms with E-state index in [-0.39, 0.29) is 35.6 Å². The van der Waals surface area contributed by atoms with Crippen LogP contribution in [0.3, 0.4) is 0 Å². The van der Waals surface area contributed by atoms with E-state index in [0.29, 0.717) is 28.5 Å². The number of nitrogens with one attached hydrogen (secondary N) is 2. The molecule has 12 rings (SSSR count). The summed E-state index contributed by atoms with van der Waals surface area (Å²) in [4.78, 5) is 69.3. The molecule has 115 heavy (non-hydrogen) atoms. The summed E-state index contributed by atoms with van der Waals surface area (Å²) in [7, 11) is 0. The van der Waals surface area contributed by atoms with Crippen molar-refractivity contribution in [2.45, 2.75) is 225 Å². The summed E-state index contributed by atoms with van der Waals surface area (Å²) in [5, 5.41) is 180. The Bertz CT molecular complexity index is 4270. The minimum atomic E-state index is -1.98. The lowest BCUT2D eigenvalue weighted by molar-refractivity contribution is -0.371. The van der Waals surface area contributed by atoms with Gasteiger partial charge in [-0.05, 0) is 60.4 Å². The van der Waals surface area contributed by atoms with Gasteiger partial charge in [-0.15, -0.1) is 0 Å². The number of carbonyl (C=O) groups excluding carboxylic acids is 3. The lowest BCUT2D eigenvalue weighted by Crippen LogP contribution is -2.68. The molecule has 6 aromatic rings. The third kappa shape index (κ3) is 21.6. The van der Waals surface area contributed by atoms with Crippen LogP contribution in [0.4, 0.5) is 0 Å². The second kappa shape index (κ2) is 40.8. The molecule has 30 atom stereocenters. The van der Waals surface area contributed by atoms with Crippen LogP contribution in [0.25, 0.3) is 21.9 Å². The van der Waals surface area contributed by atoms with Gasteiger partial charge in [-0.3, -0.25) is 14.4 Å². The number of benzene rings is 4. The number of aliphatic hydroxyl groups is 16. The van der Waals surface area contributed by atoms with E-state index < -0.39 is 234 Å². The summed E-state index contributed by atoms with van der Waals surface area (Å²) < 4.78 is 79.3. The molecule has 0 saturated carbocycles. The van der Waals surface area contributed by atoms with Crippen molar-refractivity contribution in [1.29, 1.82) is 0 Å². The number of ether oxygens (including phenoxy) is 12. The second-order valence-electron chi connectivity index (χ2n) is 27.6. The molecule has 6 aliphatic rings. The quantitative estimate of drug-likeness (QED) is 0.0110. The van der Waals surface area contributed by atoms with Crippen molar-refractivity contribution in [3.63, 3.8) is 0 Å². The minimum absolute atomic E-state index is 0.0672. The second-order valence-corrected chi connectivity index (χ2v) is 27.6. The Morgan fingerprint density at radius 3 is 1.20 bits per heavy atom. The van der Waals surface area contributed by atoms with E-state index in [1.54, 1.807) is 56.3 Å². The number of rotatable bonds is 25. The van der Waals surface area contributed by atoms with Crippen molar-refractivity contribution in [1.82, 2.24) is 10.6 Å². The molecule has 6 fully saturated rings. The van der Waals surface area contributed by atoms with E-state index in [2.05, 4.69) is 20.6 Å². The summed E-state index contributed by atoms with van der Waals surface area (Å²) in [6, 6.07) is 27.8. The molecule has 632 valence electrons. The van der Waals surface area contributed by atoms with Crippen LogP contribution in [0.2, 0.25) is 0 Å². The molecular formula is C74H94N4O37. The first-order chi connectivity index (χ1) is 55.0. The fraction of sp³-hybridized carbons (Fsp3) is 0.541. The highest BCUT2D eigenvalue weighted by Gasteiger charge is 2.57. The molecule has 0 radical (unpaired) electrons. The van der Waals surface area contributed by atoms with Crippen molar-refractivity contribution < 1.29 is 171 Å². The van der Waals surface area contributed by atoms with Gasteiger partial charge < -0.3 is 168 Å². The maximum absolute atomic E-state index is 12.3. The van der Waals surface area contributed by atoms with Crippen LogP contribution in [0.15, 0.2) is 133 Å². The van der Waals surface area contributed by atoms with Crippen molar-refractivity contribution in [3.05, 3.63) is 152 Å². The topological polar surface area (TPSA) is 627 Å². The number of hydrogen-bond acceptors (Lipinski definition) is 39. The Kier molecular flexibility index (Phi) is 31.7. The summed E-state index contributed by atoms with van der Waals surface area (Å²) in [5.74, 6) is 3.84. The average molecular weight is 1630 g/mol. The molecule has 6 aliphatic heterocycles. The summed E-state index contributed by atoms with van der Waals surface area (Å²) in [6.45, 7) is 3.02. The molecule has 2 aromatic heterocycles. The van der Waals surface area contributed by atoms with E-state index >= 15 is 0 Å². The molecule has 41 nitrogen and oxygen atoms in total. The summed E-state index contributed by atoms with van der Waals surface area (Å²) >= 11 is 0. The zero-order valence-electron chi connectivity index (χ0n) is 61.9.